The average Bonchev–Trinajstić information content (AvgIpc) is 3.13. The van der Waals surface area contributed by atoms with Crippen LogP contribution in [0.1, 0.15) is 17.3 Å². The van der Waals surface area contributed by atoms with E-state index in [4.69, 9.17) is 12.2 Å². The van der Waals surface area contributed by atoms with Crippen LogP contribution in [0.25, 0.3) is 20.8 Å². The molecule has 1 aromatic heterocycles. The number of rotatable bonds is 4. The van der Waals surface area contributed by atoms with E-state index in [9.17, 15) is 4.79 Å². The van der Waals surface area contributed by atoms with Crippen LogP contribution in [0.2, 0.25) is 0 Å². The summed E-state index contributed by atoms with van der Waals surface area (Å²) in [4.78, 5) is 16.0. The lowest BCUT2D eigenvalue weighted by Crippen LogP contribution is -2.19. The molecule has 0 atom stereocenters. The van der Waals surface area contributed by atoms with Crippen LogP contribution in [-0.4, -0.2) is 15.9 Å². The van der Waals surface area contributed by atoms with E-state index in [1.165, 1.54) is 4.70 Å². The molecule has 138 valence electrons. The summed E-state index contributed by atoms with van der Waals surface area (Å²) in [5.41, 5.74) is 4.49. The number of hydrogen-bond donors (Lipinski definition) is 2. The molecule has 4 rings (SSSR count). The third kappa shape index (κ3) is 4.08. The SMILES string of the molecule is CC(=O)c1ccc(NC(=S)Nc2ccc(-c3nc4ccccc4s3)cc2)cc1. The van der Waals surface area contributed by atoms with Crippen LogP contribution in [0.4, 0.5) is 11.4 Å². The smallest absolute Gasteiger partial charge is 0.175 e. The maximum Gasteiger partial charge on any atom is 0.175 e. The van der Waals surface area contributed by atoms with Crippen molar-refractivity contribution in [1.29, 1.82) is 0 Å². The quantitative estimate of drug-likeness (QED) is 0.324. The van der Waals surface area contributed by atoms with Gasteiger partial charge in [0.1, 0.15) is 5.01 Å². The van der Waals surface area contributed by atoms with Crippen molar-refractivity contribution in [3.63, 3.8) is 0 Å². The minimum Gasteiger partial charge on any atom is -0.332 e. The number of ketones is 1. The molecule has 3 aromatic carbocycles. The van der Waals surface area contributed by atoms with Crippen molar-refractivity contribution >= 4 is 56.0 Å². The second-order valence-corrected chi connectivity index (χ2v) is 7.72. The third-order valence-electron chi connectivity index (χ3n) is 4.23. The minimum absolute atomic E-state index is 0.0421. The molecule has 0 spiro atoms. The number of nitrogens with zero attached hydrogens (tertiary/aromatic N) is 1. The van der Waals surface area contributed by atoms with E-state index < -0.39 is 0 Å². The summed E-state index contributed by atoms with van der Waals surface area (Å²) in [5.74, 6) is 0.0421. The van der Waals surface area contributed by atoms with Crippen LogP contribution in [-0.2, 0) is 0 Å². The number of fused-ring (bicyclic) bond motifs is 1. The molecule has 0 unspecified atom stereocenters. The molecule has 0 aliphatic carbocycles. The number of aromatic nitrogens is 1. The molecule has 0 aliphatic rings. The summed E-state index contributed by atoms with van der Waals surface area (Å²) < 4.78 is 1.18. The lowest BCUT2D eigenvalue weighted by atomic mass is 10.1. The Kier molecular flexibility index (Phi) is 5.14. The van der Waals surface area contributed by atoms with Crippen LogP contribution in [0.15, 0.2) is 72.8 Å². The van der Waals surface area contributed by atoms with Gasteiger partial charge >= 0.3 is 0 Å². The predicted molar refractivity (Wildman–Crippen MR) is 121 cm³/mol. The molecule has 2 N–H and O–H groups in total. The molecule has 0 fully saturated rings. The first-order valence-corrected chi connectivity index (χ1v) is 9.96. The van der Waals surface area contributed by atoms with Gasteiger partial charge in [0.2, 0.25) is 0 Å². The molecule has 0 saturated carbocycles. The fourth-order valence-electron chi connectivity index (χ4n) is 2.77. The maximum absolute atomic E-state index is 11.3. The van der Waals surface area contributed by atoms with Gasteiger partial charge in [0.15, 0.2) is 10.9 Å². The van der Waals surface area contributed by atoms with Crippen molar-refractivity contribution in [2.75, 3.05) is 10.6 Å². The summed E-state index contributed by atoms with van der Waals surface area (Å²) >= 11 is 7.05. The largest absolute Gasteiger partial charge is 0.332 e. The molecule has 6 heteroatoms. The van der Waals surface area contributed by atoms with E-state index in [-0.39, 0.29) is 5.78 Å². The Morgan fingerprint density at radius 2 is 1.50 bits per heavy atom. The van der Waals surface area contributed by atoms with Gasteiger partial charge in [-0.15, -0.1) is 11.3 Å². The van der Waals surface area contributed by atoms with Crippen LogP contribution in [0.5, 0.6) is 0 Å². The second kappa shape index (κ2) is 7.88. The topological polar surface area (TPSA) is 54.0 Å². The molecule has 0 amide bonds. The number of benzene rings is 3. The Labute approximate surface area is 172 Å². The van der Waals surface area contributed by atoms with E-state index in [1.54, 1.807) is 30.4 Å². The van der Waals surface area contributed by atoms with E-state index in [0.29, 0.717) is 10.7 Å². The monoisotopic (exact) mass is 403 g/mol. The van der Waals surface area contributed by atoms with Crippen LogP contribution < -0.4 is 10.6 Å². The highest BCUT2D eigenvalue weighted by molar-refractivity contribution is 7.80. The van der Waals surface area contributed by atoms with Crippen molar-refractivity contribution < 1.29 is 4.79 Å². The lowest BCUT2D eigenvalue weighted by Gasteiger charge is -2.11. The van der Waals surface area contributed by atoms with E-state index in [1.807, 2.05) is 54.6 Å². The van der Waals surface area contributed by atoms with Crippen molar-refractivity contribution in [2.24, 2.45) is 0 Å². The highest BCUT2D eigenvalue weighted by atomic mass is 32.1. The Morgan fingerprint density at radius 1 is 0.893 bits per heavy atom. The van der Waals surface area contributed by atoms with Crippen molar-refractivity contribution in [3.8, 4) is 10.6 Å². The highest BCUT2D eigenvalue weighted by Crippen LogP contribution is 2.30. The number of hydrogen-bond acceptors (Lipinski definition) is 4. The van der Waals surface area contributed by atoms with Crippen molar-refractivity contribution in [3.05, 3.63) is 78.4 Å². The number of carbonyl (C=O) groups excluding carboxylic acids is 1. The normalized spacial score (nSPS) is 10.6. The van der Waals surface area contributed by atoms with E-state index in [0.717, 1.165) is 27.5 Å². The number of thiazole rings is 1. The number of nitrogens with one attached hydrogen (secondary N) is 2. The summed E-state index contributed by atoms with van der Waals surface area (Å²) in [6.45, 7) is 1.55. The Morgan fingerprint density at radius 3 is 2.11 bits per heavy atom. The van der Waals surface area contributed by atoms with Gasteiger partial charge in [0.05, 0.1) is 10.2 Å². The van der Waals surface area contributed by atoms with E-state index in [2.05, 4.69) is 21.7 Å². The molecule has 4 aromatic rings. The molecular weight excluding hydrogens is 386 g/mol. The number of thiocarbonyl (C=S) groups is 1. The molecular formula is C22H17N3OS2. The number of para-hydroxylation sites is 1. The molecule has 0 aliphatic heterocycles. The standard InChI is InChI=1S/C22H17N3OS2/c1-14(26)15-6-10-17(11-7-15)23-22(27)24-18-12-8-16(9-13-18)21-25-19-4-2-3-5-20(19)28-21/h2-13H,1H3,(H2,23,24,27). The number of anilines is 2. The predicted octanol–water partition coefficient (Wildman–Crippen LogP) is 5.97. The summed E-state index contributed by atoms with van der Waals surface area (Å²) in [6, 6.07) is 23.4. The van der Waals surface area contributed by atoms with Gasteiger partial charge in [-0.1, -0.05) is 12.1 Å². The Balaban J connectivity index is 1.42. The zero-order chi connectivity index (χ0) is 19.5. The number of Topliss-reactive ketones (excluding diaryl/α,β-unsaturated/α-hetero) is 1. The first kappa shape index (κ1) is 18.3. The van der Waals surface area contributed by atoms with Crippen molar-refractivity contribution in [2.45, 2.75) is 6.92 Å². The minimum atomic E-state index is 0.0421. The van der Waals surface area contributed by atoms with Crippen LogP contribution >= 0.6 is 23.6 Å². The van der Waals surface area contributed by atoms with Gasteiger partial charge in [-0.3, -0.25) is 4.79 Å². The molecule has 28 heavy (non-hydrogen) atoms. The summed E-state index contributed by atoms with van der Waals surface area (Å²) in [5, 5.41) is 7.78. The van der Waals surface area contributed by atoms with Gasteiger partial charge in [0.25, 0.3) is 0 Å². The van der Waals surface area contributed by atoms with Gasteiger partial charge in [-0.2, -0.15) is 0 Å². The summed E-state index contributed by atoms with van der Waals surface area (Å²) in [7, 11) is 0. The fourth-order valence-corrected chi connectivity index (χ4v) is 3.98. The van der Waals surface area contributed by atoms with Gasteiger partial charge in [-0.25, -0.2) is 4.98 Å². The molecule has 4 nitrogen and oxygen atoms in total. The molecule has 0 saturated heterocycles. The average molecular weight is 404 g/mol. The Hall–Kier alpha value is -3.09. The molecule has 0 bridgehead atoms. The van der Waals surface area contributed by atoms with Gasteiger partial charge < -0.3 is 10.6 Å². The first-order chi connectivity index (χ1) is 13.6. The highest BCUT2D eigenvalue weighted by Gasteiger charge is 2.06. The van der Waals surface area contributed by atoms with E-state index >= 15 is 0 Å². The zero-order valence-corrected chi connectivity index (χ0v) is 16.7. The number of carbonyl (C=O) groups is 1. The van der Waals surface area contributed by atoms with Crippen LogP contribution in [0, 0.1) is 0 Å². The first-order valence-electron chi connectivity index (χ1n) is 8.73. The second-order valence-electron chi connectivity index (χ2n) is 6.28. The van der Waals surface area contributed by atoms with Crippen LogP contribution in [0.3, 0.4) is 0 Å². The van der Waals surface area contributed by atoms with Crippen molar-refractivity contribution in [1.82, 2.24) is 4.98 Å². The zero-order valence-electron chi connectivity index (χ0n) is 15.1. The lowest BCUT2D eigenvalue weighted by molar-refractivity contribution is 0.101. The molecule has 1 heterocycles. The molecule has 0 radical (unpaired) electrons. The van der Waals surface area contributed by atoms with Gasteiger partial charge in [-0.05, 0) is 79.8 Å². The third-order valence-corrected chi connectivity index (χ3v) is 5.52. The Bertz CT molecular complexity index is 1120. The van der Waals surface area contributed by atoms with Gasteiger partial charge in [0, 0.05) is 22.5 Å². The fraction of sp³-hybridized carbons (Fsp3) is 0.0455. The maximum atomic E-state index is 11.3. The summed E-state index contributed by atoms with van der Waals surface area (Å²) in [6.07, 6.45) is 0.